The molecule has 120 valence electrons. The third-order valence-electron chi connectivity index (χ3n) is 3.38. The molecular weight excluding hydrogens is 296 g/mol. The fourth-order valence-electron chi connectivity index (χ4n) is 2.20. The summed E-state index contributed by atoms with van der Waals surface area (Å²) in [6.45, 7) is 3.82. The highest BCUT2D eigenvalue weighted by atomic mass is 16.6. The van der Waals surface area contributed by atoms with Gasteiger partial charge < -0.3 is 10.1 Å². The number of carbonyl (C=O) groups is 1. The maximum atomic E-state index is 11.7. The number of ether oxygens (including phenoxy) is 1. The topological polar surface area (TPSA) is 81.5 Å². The van der Waals surface area contributed by atoms with Crippen molar-refractivity contribution in [2.24, 2.45) is 0 Å². The van der Waals surface area contributed by atoms with Crippen LogP contribution >= 0.6 is 0 Å². The molecule has 0 bridgehead atoms. The molecule has 23 heavy (non-hydrogen) atoms. The van der Waals surface area contributed by atoms with E-state index in [0.717, 1.165) is 5.56 Å². The molecule has 0 unspecified atom stereocenters. The second kappa shape index (κ2) is 7.40. The highest BCUT2D eigenvalue weighted by molar-refractivity contribution is 5.91. The molecular formula is C17H18N2O4. The van der Waals surface area contributed by atoms with Crippen LogP contribution < -0.4 is 5.32 Å². The summed E-state index contributed by atoms with van der Waals surface area (Å²) in [6, 6.07) is 13.8. The Balaban J connectivity index is 2.28. The van der Waals surface area contributed by atoms with Gasteiger partial charge in [0.05, 0.1) is 17.1 Å². The number of esters is 1. The number of carbonyl (C=O) groups excluding carboxylic acids is 1. The Labute approximate surface area is 134 Å². The number of benzene rings is 2. The quantitative estimate of drug-likeness (QED) is 0.496. The first-order valence-electron chi connectivity index (χ1n) is 7.30. The number of hydrogen-bond donors (Lipinski definition) is 1. The first kappa shape index (κ1) is 16.5. The third kappa shape index (κ3) is 4.06. The van der Waals surface area contributed by atoms with E-state index in [1.165, 1.54) is 18.2 Å². The van der Waals surface area contributed by atoms with Gasteiger partial charge in [0.15, 0.2) is 0 Å². The molecule has 0 aromatic heterocycles. The van der Waals surface area contributed by atoms with Gasteiger partial charge in [0, 0.05) is 12.1 Å². The van der Waals surface area contributed by atoms with Crippen LogP contribution in [0.3, 0.4) is 0 Å². The average molecular weight is 314 g/mol. The Kier molecular flexibility index (Phi) is 5.30. The SMILES string of the molecule is CCOC(=O)c1ccc(N[C@H](C)c2ccccc2)c([N+](=O)[O-])c1. The summed E-state index contributed by atoms with van der Waals surface area (Å²) in [5.41, 5.74) is 1.38. The van der Waals surface area contributed by atoms with Crippen molar-refractivity contribution in [2.45, 2.75) is 19.9 Å². The molecule has 0 heterocycles. The Morgan fingerprint density at radius 2 is 1.96 bits per heavy atom. The molecule has 0 saturated heterocycles. The van der Waals surface area contributed by atoms with Gasteiger partial charge in [0.2, 0.25) is 0 Å². The van der Waals surface area contributed by atoms with Gasteiger partial charge in [-0.25, -0.2) is 4.79 Å². The molecule has 6 nitrogen and oxygen atoms in total. The van der Waals surface area contributed by atoms with Crippen LogP contribution in [0.2, 0.25) is 0 Å². The summed E-state index contributed by atoms with van der Waals surface area (Å²) >= 11 is 0. The van der Waals surface area contributed by atoms with Gasteiger partial charge in [0.25, 0.3) is 5.69 Å². The van der Waals surface area contributed by atoms with E-state index in [-0.39, 0.29) is 23.9 Å². The molecule has 6 heteroatoms. The second-order valence-electron chi connectivity index (χ2n) is 4.99. The summed E-state index contributed by atoms with van der Waals surface area (Å²) in [4.78, 5) is 22.5. The normalized spacial score (nSPS) is 11.6. The zero-order valence-electron chi connectivity index (χ0n) is 13.0. The third-order valence-corrected chi connectivity index (χ3v) is 3.38. The molecule has 0 saturated carbocycles. The molecule has 0 spiro atoms. The molecule has 0 radical (unpaired) electrons. The predicted octanol–water partition coefficient (Wildman–Crippen LogP) is 3.94. The summed E-state index contributed by atoms with van der Waals surface area (Å²) < 4.78 is 4.87. The summed E-state index contributed by atoms with van der Waals surface area (Å²) in [7, 11) is 0. The van der Waals surface area contributed by atoms with Gasteiger partial charge in [-0.15, -0.1) is 0 Å². The number of nitro benzene ring substituents is 1. The lowest BCUT2D eigenvalue weighted by Gasteiger charge is -2.16. The van der Waals surface area contributed by atoms with E-state index in [9.17, 15) is 14.9 Å². The summed E-state index contributed by atoms with van der Waals surface area (Å²) in [5.74, 6) is -0.571. The van der Waals surface area contributed by atoms with Gasteiger partial charge in [-0.2, -0.15) is 0 Å². The minimum atomic E-state index is -0.571. The first-order valence-corrected chi connectivity index (χ1v) is 7.30. The Hall–Kier alpha value is -2.89. The van der Waals surface area contributed by atoms with Gasteiger partial charge in [-0.3, -0.25) is 10.1 Å². The van der Waals surface area contributed by atoms with Crippen LogP contribution in [0.1, 0.15) is 35.8 Å². The molecule has 0 fully saturated rings. The smallest absolute Gasteiger partial charge is 0.338 e. The van der Waals surface area contributed by atoms with Crippen LogP contribution in [0.5, 0.6) is 0 Å². The number of rotatable bonds is 6. The highest BCUT2D eigenvalue weighted by Crippen LogP contribution is 2.29. The van der Waals surface area contributed by atoms with Gasteiger partial charge >= 0.3 is 5.97 Å². The van der Waals surface area contributed by atoms with E-state index in [1.54, 1.807) is 6.92 Å². The van der Waals surface area contributed by atoms with Crippen molar-refractivity contribution < 1.29 is 14.5 Å². The number of nitro groups is 1. The van der Waals surface area contributed by atoms with Gasteiger partial charge in [-0.05, 0) is 31.5 Å². The Morgan fingerprint density at radius 1 is 1.26 bits per heavy atom. The van der Waals surface area contributed by atoms with Crippen molar-refractivity contribution in [2.75, 3.05) is 11.9 Å². The van der Waals surface area contributed by atoms with Crippen molar-refractivity contribution in [1.82, 2.24) is 0 Å². The van der Waals surface area contributed by atoms with Crippen LogP contribution in [0.25, 0.3) is 0 Å². The standard InChI is InChI=1S/C17H18N2O4/c1-3-23-17(20)14-9-10-15(16(11-14)19(21)22)18-12(2)13-7-5-4-6-8-13/h4-12,18H,3H2,1-2H3/t12-/m1/s1. The highest BCUT2D eigenvalue weighted by Gasteiger charge is 2.19. The largest absolute Gasteiger partial charge is 0.462 e. The minimum Gasteiger partial charge on any atom is -0.462 e. The molecule has 1 atom stereocenters. The number of hydrogen-bond acceptors (Lipinski definition) is 5. The minimum absolute atomic E-state index is 0.108. The maximum absolute atomic E-state index is 11.7. The summed E-state index contributed by atoms with van der Waals surface area (Å²) in [5, 5.41) is 14.4. The maximum Gasteiger partial charge on any atom is 0.338 e. The average Bonchev–Trinajstić information content (AvgIpc) is 2.56. The van der Waals surface area contributed by atoms with E-state index in [2.05, 4.69) is 5.32 Å². The lowest BCUT2D eigenvalue weighted by molar-refractivity contribution is -0.384. The molecule has 2 rings (SSSR count). The Bertz CT molecular complexity index is 701. The molecule has 1 N–H and O–H groups in total. The van der Waals surface area contributed by atoms with Crippen LogP contribution in [0.4, 0.5) is 11.4 Å². The fraction of sp³-hybridized carbons (Fsp3) is 0.235. The number of nitrogens with zero attached hydrogens (tertiary/aromatic N) is 1. The van der Waals surface area contributed by atoms with E-state index in [0.29, 0.717) is 5.69 Å². The second-order valence-corrected chi connectivity index (χ2v) is 4.99. The van der Waals surface area contributed by atoms with Gasteiger partial charge in [0.1, 0.15) is 5.69 Å². The van der Waals surface area contributed by atoms with Crippen molar-refractivity contribution in [3.63, 3.8) is 0 Å². The molecule has 2 aromatic rings. The van der Waals surface area contributed by atoms with Crippen LogP contribution in [-0.2, 0) is 4.74 Å². The van der Waals surface area contributed by atoms with Crippen molar-refractivity contribution in [1.29, 1.82) is 0 Å². The van der Waals surface area contributed by atoms with Gasteiger partial charge in [-0.1, -0.05) is 30.3 Å². The molecule has 0 amide bonds. The lowest BCUT2D eigenvalue weighted by Crippen LogP contribution is -2.10. The number of nitrogens with one attached hydrogen (secondary N) is 1. The van der Waals surface area contributed by atoms with Crippen LogP contribution in [-0.4, -0.2) is 17.5 Å². The zero-order valence-corrected chi connectivity index (χ0v) is 13.0. The fourth-order valence-corrected chi connectivity index (χ4v) is 2.20. The van der Waals surface area contributed by atoms with E-state index >= 15 is 0 Å². The van der Waals surface area contributed by atoms with Crippen LogP contribution in [0, 0.1) is 10.1 Å². The molecule has 2 aromatic carbocycles. The van der Waals surface area contributed by atoms with Crippen LogP contribution in [0.15, 0.2) is 48.5 Å². The van der Waals surface area contributed by atoms with Crippen molar-refractivity contribution in [3.8, 4) is 0 Å². The van der Waals surface area contributed by atoms with E-state index in [1.807, 2.05) is 37.3 Å². The molecule has 0 aliphatic heterocycles. The summed E-state index contributed by atoms with van der Waals surface area (Å²) in [6.07, 6.45) is 0. The van der Waals surface area contributed by atoms with Crippen molar-refractivity contribution >= 4 is 17.3 Å². The molecule has 0 aliphatic rings. The van der Waals surface area contributed by atoms with E-state index in [4.69, 9.17) is 4.74 Å². The predicted molar refractivity (Wildman–Crippen MR) is 87.5 cm³/mol. The van der Waals surface area contributed by atoms with Crippen molar-refractivity contribution in [3.05, 3.63) is 69.8 Å². The zero-order chi connectivity index (χ0) is 16.8. The first-order chi connectivity index (χ1) is 11.0. The lowest BCUT2D eigenvalue weighted by atomic mass is 10.1. The number of anilines is 1. The molecule has 0 aliphatic carbocycles. The Morgan fingerprint density at radius 3 is 2.57 bits per heavy atom. The monoisotopic (exact) mass is 314 g/mol. The van der Waals surface area contributed by atoms with E-state index < -0.39 is 10.9 Å².